The summed E-state index contributed by atoms with van der Waals surface area (Å²) in [4.78, 5) is 22.2. The highest BCUT2D eigenvalue weighted by Crippen LogP contribution is 2.28. The molecule has 0 radical (unpaired) electrons. The van der Waals surface area contributed by atoms with E-state index in [2.05, 4.69) is 15.0 Å². The maximum Gasteiger partial charge on any atom is 0.258 e. The third kappa shape index (κ3) is 1.46. The van der Waals surface area contributed by atoms with Crippen LogP contribution >= 0.6 is 0 Å². The van der Waals surface area contributed by atoms with Crippen LogP contribution in [0.4, 0.5) is 0 Å². The van der Waals surface area contributed by atoms with Crippen LogP contribution in [0.15, 0.2) is 35.8 Å². The van der Waals surface area contributed by atoms with Gasteiger partial charge in [-0.1, -0.05) is 0 Å². The number of fused-ring (bicyclic) bond motifs is 1. The fourth-order valence-electron chi connectivity index (χ4n) is 1.94. The van der Waals surface area contributed by atoms with Crippen molar-refractivity contribution in [3.05, 3.63) is 41.3 Å². The first-order chi connectivity index (χ1) is 8.66. The van der Waals surface area contributed by atoms with Crippen molar-refractivity contribution < 1.29 is 5.11 Å². The number of aromatic nitrogens is 4. The molecule has 2 N–H and O–H groups in total. The molecule has 3 aromatic rings. The highest BCUT2D eigenvalue weighted by atomic mass is 16.3. The van der Waals surface area contributed by atoms with Gasteiger partial charge in [0.25, 0.3) is 5.56 Å². The van der Waals surface area contributed by atoms with Crippen molar-refractivity contribution in [1.82, 2.24) is 19.5 Å². The Hall–Kier alpha value is -2.63. The Labute approximate surface area is 102 Å². The zero-order valence-electron chi connectivity index (χ0n) is 9.58. The molecule has 0 aliphatic rings. The van der Waals surface area contributed by atoms with E-state index in [4.69, 9.17) is 0 Å². The predicted molar refractivity (Wildman–Crippen MR) is 66.2 cm³/mol. The Balaban J connectivity index is 2.37. The van der Waals surface area contributed by atoms with Crippen molar-refractivity contribution in [1.29, 1.82) is 0 Å². The summed E-state index contributed by atoms with van der Waals surface area (Å²) >= 11 is 0. The summed E-state index contributed by atoms with van der Waals surface area (Å²) in [6, 6.07) is 3.27. The molecule has 0 bridgehead atoms. The van der Waals surface area contributed by atoms with Crippen molar-refractivity contribution in [2.45, 2.75) is 0 Å². The number of hydrogen-bond donors (Lipinski definition) is 2. The van der Waals surface area contributed by atoms with E-state index in [9.17, 15) is 9.90 Å². The minimum atomic E-state index is -0.278. The molecule has 0 saturated heterocycles. The van der Waals surface area contributed by atoms with Gasteiger partial charge in [0, 0.05) is 12.6 Å². The highest BCUT2D eigenvalue weighted by molar-refractivity contribution is 5.88. The van der Waals surface area contributed by atoms with E-state index in [0.717, 1.165) is 11.3 Å². The molecule has 0 fully saturated rings. The van der Waals surface area contributed by atoms with Crippen LogP contribution in [0.25, 0.3) is 22.2 Å². The van der Waals surface area contributed by atoms with Gasteiger partial charge < -0.3 is 14.7 Å². The smallest absolute Gasteiger partial charge is 0.258 e. The number of H-pyrrole nitrogens is 1. The van der Waals surface area contributed by atoms with E-state index in [1.54, 1.807) is 24.7 Å². The minimum absolute atomic E-state index is 0.0187. The normalized spacial score (nSPS) is 10.9. The van der Waals surface area contributed by atoms with Crippen molar-refractivity contribution in [2.75, 3.05) is 0 Å². The third-order valence-corrected chi connectivity index (χ3v) is 2.84. The van der Waals surface area contributed by atoms with Crippen LogP contribution < -0.4 is 5.56 Å². The highest BCUT2D eigenvalue weighted by Gasteiger charge is 2.10. The zero-order valence-corrected chi connectivity index (χ0v) is 9.58. The van der Waals surface area contributed by atoms with Gasteiger partial charge in [-0.3, -0.25) is 4.79 Å². The van der Waals surface area contributed by atoms with Gasteiger partial charge in [0.2, 0.25) is 0 Å². The molecule has 0 spiro atoms. The quantitative estimate of drug-likeness (QED) is 0.667. The number of aryl methyl sites for hydroxylation is 1. The van der Waals surface area contributed by atoms with Crippen molar-refractivity contribution in [2.24, 2.45) is 7.05 Å². The van der Waals surface area contributed by atoms with E-state index in [0.29, 0.717) is 10.9 Å². The Kier molecular flexibility index (Phi) is 2.16. The van der Waals surface area contributed by atoms with Gasteiger partial charge in [-0.25, -0.2) is 9.97 Å². The number of aromatic hydroxyl groups is 1. The Morgan fingerprint density at radius 3 is 2.94 bits per heavy atom. The standard InChI is InChI=1S/C12H10N4O2/c1-16-6-13-4-9(16)7-2-8-11(10(17)3-7)14-5-15-12(8)18/h2-6,17H,1H3,(H,14,15,18). The first-order valence-electron chi connectivity index (χ1n) is 5.34. The topological polar surface area (TPSA) is 83.8 Å². The average molecular weight is 242 g/mol. The van der Waals surface area contributed by atoms with Crippen LogP contribution in [0.1, 0.15) is 0 Å². The van der Waals surface area contributed by atoms with Gasteiger partial charge in [0.15, 0.2) is 0 Å². The summed E-state index contributed by atoms with van der Waals surface area (Å²) in [6.45, 7) is 0. The summed E-state index contributed by atoms with van der Waals surface area (Å²) in [7, 11) is 1.84. The molecular weight excluding hydrogens is 232 g/mol. The van der Waals surface area contributed by atoms with Crippen LogP contribution in [-0.4, -0.2) is 24.6 Å². The summed E-state index contributed by atoms with van der Waals surface area (Å²) < 4.78 is 1.81. The van der Waals surface area contributed by atoms with E-state index in [1.807, 2.05) is 11.6 Å². The van der Waals surface area contributed by atoms with Crippen molar-refractivity contribution in [3.63, 3.8) is 0 Å². The fraction of sp³-hybridized carbons (Fsp3) is 0.0833. The second kappa shape index (κ2) is 3.69. The molecule has 6 nitrogen and oxygen atoms in total. The number of phenols is 1. The number of hydrogen-bond acceptors (Lipinski definition) is 4. The molecule has 1 aromatic carbocycles. The maximum atomic E-state index is 11.7. The van der Waals surface area contributed by atoms with Crippen LogP contribution in [0, 0.1) is 0 Å². The molecule has 3 rings (SSSR count). The Morgan fingerprint density at radius 1 is 1.39 bits per heavy atom. The third-order valence-electron chi connectivity index (χ3n) is 2.84. The number of imidazole rings is 1. The molecule has 0 unspecified atom stereocenters. The largest absolute Gasteiger partial charge is 0.506 e. The van der Waals surface area contributed by atoms with E-state index in [1.165, 1.54) is 6.33 Å². The average Bonchev–Trinajstić information content (AvgIpc) is 2.77. The van der Waals surface area contributed by atoms with Gasteiger partial charge in [-0.05, 0) is 12.1 Å². The van der Waals surface area contributed by atoms with Crippen LogP contribution in [0.2, 0.25) is 0 Å². The molecule has 2 heterocycles. The second-order valence-corrected chi connectivity index (χ2v) is 4.01. The predicted octanol–water partition coefficient (Wildman–Crippen LogP) is 1.03. The molecule has 6 heteroatoms. The van der Waals surface area contributed by atoms with Crippen LogP contribution in [0.5, 0.6) is 5.75 Å². The van der Waals surface area contributed by atoms with Gasteiger partial charge in [-0.2, -0.15) is 0 Å². The van der Waals surface area contributed by atoms with E-state index < -0.39 is 0 Å². The number of benzene rings is 1. The molecular formula is C12H10N4O2. The molecule has 18 heavy (non-hydrogen) atoms. The first-order valence-corrected chi connectivity index (χ1v) is 5.34. The number of nitrogens with zero attached hydrogens (tertiary/aromatic N) is 3. The number of phenolic OH excluding ortho intramolecular Hbond substituents is 1. The van der Waals surface area contributed by atoms with Crippen LogP contribution in [-0.2, 0) is 7.05 Å². The molecule has 0 amide bonds. The lowest BCUT2D eigenvalue weighted by Crippen LogP contribution is -2.06. The van der Waals surface area contributed by atoms with E-state index in [-0.39, 0.29) is 11.3 Å². The lowest BCUT2D eigenvalue weighted by Gasteiger charge is -2.05. The van der Waals surface area contributed by atoms with Gasteiger partial charge in [0.05, 0.1) is 29.9 Å². The van der Waals surface area contributed by atoms with Gasteiger partial charge >= 0.3 is 0 Å². The SMILES string of the molecule is Cn1cncc1-c1cc(O)c2nc[nH]c(=O)c2c1. The fourth-order valence-corrected chi connectivity index (χ4v) is 1.94. The number of rotatable bonds is 1. The lowest BCUT2D eigenvalue weighted by molar-refractivity contribution is 0.480. The monoisotopic (exact) mass is 242 g/mol. The molecule has 0 aliphatic heterocycles. The zero-order chi connectivity index (χ0) is 12.7. The number of nitrogens with one attached hydrogen (secondary N) is 1. The minimum Gasteiger partial charge on any atom is -0.506 e. The molecule has 2 aromatic heterocycles. The summed E-state index contributed by atoms with van der Waals surface area (Å²) in [5.41, 5.74) is 1.55. The maximum absolute atomic E-state index is 11.7. The number of aromatic amines is 1. The molecule has 90 valence electrons. The molecule has 0 atom stereocenters. The molecule has 0 saturated carbocycles. The first kappa shape index (κ1) is 10.5. The summed E-state index contributed by atoms with van der Waals surface area (Å²) in [5, 5.41) is 10.3. The van der Waals surface area contributed by atoms with Gasteiger partial charge in [-0.15, -0.1) is 0 Å². The van der Waals surface area contributed by atoms with E-state index >= 15 is 0 Å². The summed E-state index contributed by atoms with van der Waals surface area (Å²) in [5.74, 6) is -0.0187. The second-order valence-electron chi connectivity index (χ2n) is 4.01. The Bertz CT molecular complexity index is 788. The summed E-state index contributed by atoms with van der Waals surface area (Å²) in [6.07, 6.45) is 4.60. The van der Waals surface area contributed by atoms with Crippen molar-refractivity contribution >= 4 is 10.9 Å². The van der Waals surface area contributed by atoms with Gasteiger partial charge in [0.1, 0.15) is 11.3 Å². The molecule has 0 aliphatic carbocycles. The van der Waals surface area contributed by atoms with Crippen molar-refractivity contribution in [3.8, 4) is 17.0 Å². The Morgan fingerprint density at radius 2 is 2.22 bits per heavy atom. The lowest BCUT2D eigenvalue weighted by atomic mass is 10.1. The van der Waals surface area contributed by atoms with Crippen LogP contribution in [0.3, 0.4) is 0 Å².